The minimum Gasteiger partial charge on any atom is -0.497 e. The fraction of sp³-hybridized carbons (Fsp3) is 0.412. The summed E-state index contributed by atoms with van der Waals surface area (Å²) >= 11 is 0. The molecule has 23 heavy (non-hydrogen) atoms. The number of aromatic nitrogens is 3. The van der Waals surface area contributed by atoms with Crippen LogP contribution in [0.5, 0.6) is 5.75 Å². The maximum absolute atomic E-state index is 6.26. The van der Waals surface area contributed by atoms with Gasteiger partial charge in [-0.2, -0.15) is 5.10 Å². The van der Waals surface area contributed by atoms with Gasteiger partial charge in [0.2, 0.25) is 0 Å². The van der Waals surface area contributed by atoms with Crippen molar-refractivity contribution >= 4 is 27.6 Å². The van der Waals surface area contributed by atoms with Crippen molar-refractivity contribution in [3.63, 3.8) is 0 Å². The summed E-state index contributed by atoms with van der Waals surface area (Å²) in [6, 6.07) is 6.33. The highest BCUT2D eigenvalue weighted by molar-refractivity contribution is 6.08. The monoisotopic (exact) mass is 311 g/mol. The number of nitrogens with one attached hydrogen (secondary N) is 2. The molecule has 120 valence electrons. The molecule has 1 aliphatic rings. The Morgan fingerprint density at radius 3 is 2.96 bits per heavy atom. The van der Waals surface area contributed by atoms with Gasteiger partial charge in [-0.15, -0.1) is 0 Å². The van der Waals surface area contributed by atoms with Crippen molar-refractivity contribution in [2.75, 3.05) is 12.4 Å². The molecule has 2 atom stereocenters. The number of methoxy groups -OCH3 is 1. The normalized spacial score (nSPS) is 21.7. The first-order valence-electron chi connectivity index (χ1n) is 8.09. The second-order valence-electron chi connectivity index (χ2n) is 6.19. The first-order chi connectivity index (χ1) is 11.3. The Kier molecular flexibility index (Phi) is 3.53. The molecule has 6 nitrogen and oxygen atoms in total. The Balaban J connectivity index is 1.81. The number of benzene rings is 1. The SMILES string of the molecule is COc1ccc2nc(NC3CCCCC3N)c3n[nH]cc3c2c1. The molecule has 1 saturated carbocycles. The zero-order valence-electron chi connectivity index (χ0n) is 13.2. The summed E-state index contributed by atoms with van der Waals surface area (Å²) in [6.45, 7) is 0. The van der Waals surface area contributed by atoms with Gasteiger partial charge >= 0.3 is 0 Å². The summed E-state index contributed by atoms with van der Waals surface area (Å²) < 4.78 is 5.32. The lowest BCUT2D eigenvalue weighted by Crippen LogP contribution is -2.42. The van der Waals surface area contributed by atoms with Crippen molar-refractivity contribution in [2.24, 2.45) is 5.73 Å². The van der Waals surface area contributed by atoms with E-state index in [1.807, 2.05) is 24.4 Å². The highest BCUT2D eigenvalue weighted by Crippen LogP contribution is 2.31. The van der Waals surface area contributed by atoms with E-state index in [2.05, 4.69) is 15.5 Å². The van der Waals surface area contributed by atoms with Gasteiger partial charge in [-0.3, -0.25) is 5.10 Å². The Morgan fingerprint density at radius 2 is 2.13 bits per heavy atom. The number of fused-ring (bicyclic) bond motifs is 3. The van der Waals surface area contributed by atoms with Crippen LogP contribution in [0.25, 0.3) is 21.8 Å². The summed E-state index contributed by atoms with van der Waals surface area (Å²) in [7, 11) is 1.67. The minimum absolute atomic E-state index is 0.172. The van der Waals surface area contributed by atoms with E-state index in [0.29, 0.717) is 0 Å². The van der Waals surface area contributed by atoms with Gasteiger partial charge < -0.3 is 15.8 Å². The number of hydrogen-bond acceptors (Lipinski definition) is 5. The molecule has 0 amide bonds. The van der Waals surface area contributed by atoms with Gasteiger partial charge in [0.25, 0.3) is 0 Å². The van der Waals surface area contributed by atoms with Crippen molar-refractivity contribution < 1.29 is 4.74 Å². The van der Waals surface area contributed by atoms with Crippen LogP contribution in [0, 0.1) is 0 Å². The number of rotatable bonds is 3. The molecule has 2 heterocycles. The maximum atomic E-state index is 6.26. The molecule has 4 rings (SSSR count). The van der Waals surface area contributed by atoms with Crippen LogP contribution in [0.1, 0.15) is 25.7 Å². The van der Waals surface area contributed by atoms with E-state index in [1.54, 1.807) is 7.11 Å². The van der Waals surface area contributed by atoms with Crippen LogP contribution in [0.2, 0.25) is 0 Å². The van der Waals surface area contributed by atoms with Gasteiger partial charge in [0.1, 0.15) is 11.3 Å². The molecule has 2 aromatic heterocycles. The maximum Gasteiger partial charge on any atom is 0.155 e. The summed E-state index contributed by atoms with van der Waals surface area (Å²) in [6.07, 6.45) is 6.47. The van der Waals surface area contributed by atoms with E-state index in [1.165, 1.54) is 12.8 Å². The number of pyridine rings is 1. The molecule has 0 saturated heterocycles. The van der Waals surface area contributed by atoms with Gasteiger partial charge in [0, 0.05) is 29.1 Å². The summed E-state index contributed by atoms with van der Waals surface area (Å²) in [5, 5.41) is 12.9. The highest BCUT2D eigenvalue weighted by atomic mass is 16.5. The van der Waals surface area contributed by atoms with Crippen LogP contribution in [-0.4, -0.2) is 34.4 Å². The topological polar surface area (TPSA) is 88.8 Å². The van der Waals surface area contributed by atoms with Crippen molar-refractivity contribution in [1.82, 2.24) is 15.2 Å². The Bertz CT molecular complexity index is 843. The number of ether oxygens (including phenoxy) is 1. The van der Waals surface area contributed by atoms with Gasteiger partial charge in [-0.25, -0.2) is 4.98 Å². The lowest BCUT2D eigenvalue weighted by molar-refractivity contribution is 0.403. The van der Waals surface area contributed by atoms with E-state index in [0.717, 1.165) is 46.2 Å². The van der Waals surface area contributed by atoms with Gasteiger partial charge in [0.05, 0.1) is 12.6 Å². The molecule has 2 unspecified atom stereocenters. The Labute approximate surface area is 134 Å². The quantitative estimate of drug-likeness (QED) is 0.692. The molecule has 1 fully saturated rings. The molecule has 3 aromatic rings. The highest BCUT2D eigenvalue weighted by Gasteiger charge is 2.23. The van der Waals surface area contributed by atoms with Crippen LogP contribution in [0.4, 0.5) is 5.82 Å². The first-order valence-corrected chi connectivity index (χ1v) is 8.09. The van der Waals surface area contributed by atoms with Crippen LogP contribution in [0.3, 0.4) is 0 Å². The smallest absolute Gasteiger partial charge is 0.155 e. The largest absolute Gasteiger partial charge is 0.497 e. The van der Waals surface area contributed by atoms with Gasteiger partial charge in [-0.05, 0) is 31.0 Å². The van der Waals surface area contributed by atoms with Gasteiger partial charge in [0.15, 0.2) is 5.82 Å². The second-order valence-corrected chi connectivity index (χ2v) is 6.19. The van der Waals surface area contributed by atoms with Crippen molar-refractivity contribution in [3.8, 4) is 5.75 Å². The molecule has 1 aromatic carbocycles. The summed E-state index contributed by atoms with van der Waals surface area (Å²) in [5.74, 6) is 1.62. The lowest BCUT2D eigenvalue weighted by atomic mass is 9.91. The summed E-state index contributed by atoms with van der Waals surface area (Å²) in [5.41, 5.74) is 8.03. The number of H-pyrrole nitrogens is 1. The average Bonchev–Trinajstić information content (AvgIpc) is 3.07. The fourth-order valence-corrected chi connectivity index (χ4v) is 3.42. The molecule has 6 heteroatoms. The zero-order valence-corrected chi connectivity index (χ0v) is 13.2. The fourth-order valence-electron chi connectivity index (χ4n) is 3.42. The number of nitrogens with two attached hydrogens (primary N) is 1. The third-order valence-corrected chi connectivity index (χ3v) is 4.73. The minimum atomic E-state index is 0.172. The molecule has 0 bridgehead atoms. The van der Waals surface area contributed by atoms with E-state index >= 15 is 0 Å². The average molecular weight is 311 g/mol. The van der Waals surface area contributed by atoms with Gasteiger partial charge in [-0.1, -0.05) is 12.8 Å². The predicted octanol–water partition coefficient (Wildman–Crippen LogP) is 2.80. The lowest BCUT2D eigenvalue weighted by Gasteiger charge is -2.29. The van der Waals surface area contributed by atoms with Crippen molar-refractivity contribution in [1.29, 1.82) is 0 Å². The molecule has 0 aliphatic heterocycles. The second kappa shape index (κ2) is 5.70. The third kappa shape index (κ3) is 2.49. The Morgan fingerprint density at radius 1 is 1.26 bits per heavy atom. The van der Waals surface area contributed by atoms with E-state index in [9.17, 15) is 0 Å². The number of nitrogens with zero attached hydrogens (tertiary/aromatic N) is 2. The van der Waals surface area contributed by atoms with E-state index in [4.69, 9.17) is 15.5 Å². The third-order valence-electron chi connectivity index (χ3n) is 4.73. The molecule has 0 spiro atoms. The molecule has 1 aliphatic carbocycles. The predicted molar refractivity (Wildman–Crippen MR) is 91.8 cm³/mol. The van der Waals surface area contributed by atoms with Crippen molar-refractivity contribution in [3.05, 3.63) is 24.4 Å². The number of aromatic amines is 1. The zero-order chi connectivity index (χ0) is 15.8. The van der Waals surface area contributed by atoms with Crippen LogP contribution in [-0.2, 0) is 0 Å². The van der Waals surface area contributed by atoms with Crippen LogP contribution in [0.15, 0.2) is 24.4 Å². The molecule has 4 N–H and O–H groups in total. The molecular formula is C17H21N5O. The standard InChI is InChI=1S/C17H21N5O/c1-23-10-6-7-14-11(8-10)12-9-19-22-16(12)17(20-14)21-15-5-3-2-4-13(15)18/h6-9,13,15H,2-5,18H2,1H3,(H,19,22)(H,20,21). The van der Waals surface area contributed by atoms with Crippen LogP contribution >= 0.6 is 0 Å². The van der Waals surface area contributed by atoms with Crippen LogP contribution < -0.4 is 15.8 Å². The number of hydrogen-bond donors (Lipinski definition) is 3. The summed E-state index contributed by atoms with van der Waals surface area (Å²) in [4.78, 5) is 4.77. The molecular weight excluding hydrogens is 290 g/mol. The number of anilines is 1. The Hall–Kier alpha value is -2.34. The van der Waals surface area contributed by atoms with Crippen molar-refractivity contribution in [2.45, 2.75) is 37.8 Å². The first kappa shape index (κ1) is 14.3. The molecule has 0 radical (unpaired) electrons. The van der Waals surface area contributed by atoms with E-state index < -0.39 is 0 Å². The van der Waals surface area contributed by atoms with E-state index in [-0.39, 0.29) is 12.1 Å².